The predicted molar refractivity (Wildman–Crippen MR) is 81.6 cm³/mol. The fourth-order valence-electron chi connectivity index (χ4n) is 1.63. The summed E-state index contributed by atoms with van der Waals surface area (Å²) < 4.78 is 27.4. The molecule has 3 nitrogen and oxygen atoms in total. The van der Waals surface area contributed by atoms with Crippen LogP contribution in [-0.4, -0.2) is 30.6 Å². The molecule has 0 saturated carbocycles. The lowest BCUT2D eigenvalue weighted by Crippen LogP contribution is -2.37. The molecule has 0 aliphatic carbocycles. The van der Waals surface area contributed by atoms with Gasteiger partial charge in [-0.3, -0.25) is 0 Å². The fourth-order valence-corrected chi connectivity index (χ4v) is 4.16. The molecular weight excluding hydrogens is 382 g/mol. The first kappa shape index (κ1) is 16.1. The molecule has 0 unspecified atom stereocenters. The summed E-state index contributed by atoms with van der Waals surface area (Å²) in [6.45, 7) is 4.31. The highest BCUT2D eigenvalue weighted by atomic mass is 79.9. The summed E-state index contributed by atoms with van der Waals surface area (Å²) in [5, 5.41) is 0.796. The molecule has 1 aromatic rings. The number of sulfonamides is 1. The second-order valence-corrected chi connectivity index (χ2v) is 7.81. The van der Waals surface area contributed by atoms with E-state index in [-0.39, 0.29) is 6.04 Å². The van der Waals surface area contributed by atoms with Crippen LogP contribution in [0.2, 0.25) is 0 Å². The summed E-state index contributed by atoms with van der Waals surface area (Å²) in [5.74, 6) is 0. The quantitative estimate of drug-likeness (QED) is 0.686. The minimum atomic E-state index is -3.41. The molecule has 0 fully saturated rings. The van der Waals surface area contributed by atoms with E-state index in [0.29, 0.717) is 11.4 Å². The van der Waals surface area contributed by atoms with Crippen molar-refractivity contribution in [1.82, 2.24) is 4.31 Å². The van der Waals surface area contributed by atoms with Crippen molar-refractivity contribution in [2.45, 2.75) is 31.2 Å². The van der Waals surface area contributed by atoms with Gasteiger partial charge in [0.1, 0.15) is 0 Å². The second-order valence-electron chi connectivity index (χ2n) is 4.21. The summed E-state index contributed by atoms with van der Waals surface area (Å²) in [5.41, 5.74) is 0. The van der Waals surface area contributed by atoms with Gasteiger partial charge in [0.15, 0.2) is 0 Å². The van der Waals surface area contributed by atoms with Crippen LogP contribution in [0, 0.1) is 0 Å². The average molecular weight is 399 g/mol. The van der Waals surface area contributed by atoms with Crippen LogP contribution >= 0.6 is 31.9 Å². The monoisotopic (exact) mass is 397 g/mol. The minimum Gasteiger partial charge on any atom is -0.207 e. The zero-order valence-corrected chi connectivity index (χ0v) is 14.4. The molecule has 0 saturated heterocycles. The summed E-state index contributed by atoms with van der Waals surface area (Å²) >= 11 is 6.64. The van der Waals surface area contributed by atoms with Crippen molar-refractivity contribution in [2.24, 2.45) is 0 Å². The predicted octanol–water partition coefficient (Wildman–Crippen LogP) is 3.63. The number of alkyl halides is 1. The van der Waals surface area contributed by atoms with E-state index in [2.05, 4.69) is 31.9 Å². The van der Waals surface area contributed by atoms with Gasteiger partial charge in [-0.2, -0.15) is 4.31 Å². The summed E-state index contributed by atoms with van der Waals surface area (Å²) in [4.78, 5) is 0.333. The Morgan fingerprint density at radius 1 is 1.33 bits per heavy atom. The molecule has 0 bridgehead atoms. The van der Waals surface area contributed by atoms with E-state index in [1.54, 1.807) is 18.2 Å². The molecule has 102 valence electrons. The molecule has 0 aromatic heterocycles. The van der Waals surface area contributed by atoms with Gasteiger partial charge in [-0.05, 0) is 38.5 Å². The van der Waals surface area contributed by atoms with Crippen molar-refractivity contribution < 1.29 is 8.42 Å². The highest BCUT2D eigenvalue weighted by molar-refractivity contribution is 9.10. The van der Waals surface area contributed by atoms with Crippen molar-refractivity contribution in [3.05, 3.63) is 28.7 Å². The first-order valence-electron chi connectivity index (χ1n) is 5.73. The Kier molecular flexibility index (Phi) is 6.30. The molecule has 0 N–H and O–H groups in total. The van der Waals surface area contributed by atoms with Crippen molar-refractivity contribution in [3.63, 3.8) is 0 Å². The van der Waals surface area contributed by atoms with Gasteiger partial charge in [-0.25, -0.2) is 8.42 Å². The molecular formula is C12H17Br2NO2S. The van der Waals surface area contributed by atoms with E-state index in [0.717, 1.165) is 16.2 Å². The molecule has 0 aliphatic rings. The number of benzene rings is 1. The highest BCUT2D eigenvalue weighted by Crippen LogP contribution is 2.22. The zero-order chi connectivity index (χ0) is 13.8. The van der Waals surface area contributed by atoms with E-state index in [1.165, 1.54) is 4.31 Å². The number of hydrogen-bond donors (Lipinski definition) is 0. The average Bonchev–Trinajstić information content (AvgIpc) is 2.28. The Bertz CT molecular complexity index is 489. The van der Waals surface area contributed by atoms with E-state index in [9.17, 15) is 8.42 Å². The summed E-state index contributed by atoms with van der Waals surface area (Å²) in [7, 11) is -3.41. The van der Waals surface area contributed by atoms with Crippen molar-refractivity contribution in [2.75, 3.05) is 11.9 Å². The maximum atomic E-state index is 12.5. The lowest BCUT2D eigenvalue weighted by molar-refractivity contribution is 0.355. The fraction of sp³-hybridized carbons (Fsp3) is 0.500. The largest absolute Gasteiger partial charge is 0.243 e. The molecule has 1 rings (SSSR count). The number of hydrogen-bond acceptors (Lipinski definition) is 2. The minimum absolute atomic E-state index is 0.0481. The van der Waals surface area contributed by atoms with Crippen molar-refractivity contribution in [1.29, 1.82) is 0 Å². The van der Waals surface area contributed by atoms with E-state index < -0.39 is 10.0 Å². The number of nitrogens with zero attached hydrogens (tertiary/aromatic N) is 1. The Balaban J connectivity index is 3.09. The first-order chi connectivity index (χ1) is 8.39. The maximum absolute atomic E-state index is 12.5. The standard InChI is InChI=1S/C12H17Br2NO2S/c1-10(2)15(8-4-7-13)18(16,17)12-6-3-5-11(14)9-12/h3,5-6,9-10H,4,7-8H2,1-2H3. The number of rotatable bonds is 6. The van der Waals surface area contributed by atoms with E-state index >= 15 is 0 Å². The lowest BCUT2D eigenvalue weighted by atomic mass is 10.4. The van der Waals surface area contributed by atoms with E-state index in [4.69, 9.17) is 0 Å². The normalized spacial score (nSPS) is 12.3. The Morgan fingerprint density at radius 3 is 2.50 bits per heavy atom. The molecule has 0 aliphatic heterocycles. The van der Waals surface area contributed by atoms with Gasteiger partial charge >= 0.3 is 0 Å². The van der Waals surface area contributed by atoms with Crippen LogP contribution in [0.25, 0.3) is 0 Å². The third-order valence-corrected chi connectivity index (χ3v) is 5.62. The highest BCUT2D eigenvalue weighted by Gasteiger charge is 2.26. The number of halogens is 2. The first-order valence-corrected chi connectivity index (χ1v) is 9.08. The molecule has 0 amide bonds. The lowest BCUT2D eigenvalue weighted by Gasteiger charge is -2.25. The molecule has 18 heavy (non-hydrogen) atoms. The van der Waals surface area contributed by atoms with Crippen molar-refractivity contribution >= 4 is 41.9 Å². The summed E-state index contributed by atoms with van der Waals surface area (Å²) in [6.07, 6.45) is 0.797. The van der Waals surface area contributed by atoms with Gasteiger partial charge in [-0.15, -0.1) is 0 Å². The SMILES string of the molecule is CC(C)N(CCCBr)S(=O)(=O)c1cccc(Br)c1. The maximum Gasteiger partial charge on any atom is 0.243 e. The van der Waals surface area contributed by atoms with Crippen LogP contribution in [0.4, 0.5) is 0 Å². The second kappa shape index (κ2) is 7.03. The smallest absolute Gasteiger partial charge is 0.207 e. The Labute approximate surface area is 126 Å². The third kappa shape index (κ3) is 4.05. The van der Waals surface area contributed by atoms with Gasteiger partial charge in [0.25, 0.3) is 0 Å². The molecule has 0 heterocycles. The van der Waals surface area contributed by atoms with Crippen LogP contribution in [0.5, 0.6) is 0 Å². The Hall–Kier alpha value is 0.0900. The molecule has 0 radical (unpaired) electrons. The van der Waals surface area contributed by atoms with E-state index in [1.807, 2.05) is 19.9 Å². The van der Waals surface area contributed by atoms with Crippen LogP contribution in [0.15, 0.2) is 33.6 Å². The third-order valence-electron chi connectivity index (χ3n) is 2.49. The van der Waals surface area contributed by atoms with Crippen LogP contribution in [0.3, 0.4) is 0 Å². The Morgan fingerprint density at radius 2 is 2.00 bits per heavy atom. The topological polar surface area (TPSA) is 37.4 Å². The molecule has 0 atom stereocenters. The van der Waals surface area contributed by atoms with Gasteiger partial charge in [-0.1, -0.05) is 37.9 Å². The summed E-state index contributed by atoms with van der Waals surface area (Å²) in [6, 6.07) is 6.77. The zero-order valence-electron chi connectivity index (χ0n) is 10.4. The van der Waals surface area contributed by atoms with Gasteiger partial charge < -0.3 is 0 Å². The van der Waals surface area contributed by atoms with Gasteiger partial charge in [0.2, 0.25) is 10.0 Å². The van der Waals surface area contributed by atoms with Gasteiger partial charge in [0.05, 0.1) is 4.90 Å². The molecule has 6 heteroatoms. The van der Waals surface area contributed by atoms with Crippen LogP contribution in [-0.2, 0) is 10.0 Å². The van der Waals surface area contributed by atoms with Gasteiger partial charge in [0, 0.05) is 22.4 Å². The van der Waals surface area contributed by atoms with Crippen LogP contribution in [0.1, 0.15) is 20.3 Å². The molecule has 0 spiro atoms. The van der Waals surface area contributed by atoms with Crippen molar-refractivity contribution in [3.8, 4) is 0 Å². The van der Waals surface area contributed by atoms with Crippen LogP contribution < -0.4 is 0 Å². The molecule has 1 aromatic carbocycles.